The van der Waals surface area contributed by atoms with Gasteiger partial charge < -0.3 is 4.57 Å². The van der Waals surface area contributed by atoms with Gasteiger partial charge in [0.15, 0.2) is 4.80 Å². The molecule has 0 unspecified atom stereocenters. The van der Waals surface area contributed by atoms with Crippen molar-refractivity contribution in [2.45, 2.75) is 52.5 Å². The fourth-order valence-corrected chi connectivity index (χ4v) is 4.66. The number of fused-ring (bicyclic) bond motifs is 1. The minimum absolute atomic E-state index is 0.0396. The third-order valence-electron chi connectivity index (χ3n) is 5.04. The molecule has 1 aliphatic rings. The molecule has 2 heterocycles. The average molecular weight is 380 g/mol. The first kappa shape index (κ1) is 18.1. The zero-order valence-electron chi connectivity index (χ0n) is 16.3. The number of carbonyl (C=O) groups is 1. The molecule has 1 saturated carbocycles. The Morgan fingerprint density at radius 3 is 2.70 bits per heavy atom. The lowest BCUT2D eigenvalue weighted by Gasteiger charge is -2.17. The number of pyridine rings is 1. The molecule has 1 aromatic carbocycles. The first-order valence-corrected chi connectivity index (χ1v) is 10.3. The molecule has 1 amide bonds. The smallest absolute Gasteiger partial charge is 0.281 e. The highest BCUT2D eigenvalue weighted by Crippen LogP contribution is 2.33. The summed E-state index contributed by atoms with van der Waals surface area (Å²) < 4.78 is 2.25. The minimum Gasteiger partial charge on any atom is -0.320 e. The summed E-state index contributed by atoms with van der Waals surface area (Å²) in [4.78, 5) is 24.1. The van der Waals surface area contributed by atoms with Crippen LogP contribution in [-0.4, -0.2) is 15.5 Å². The van der Waals surface area contributed by atoms with Crippen molar-refractivity contribution in [1.82, 2.24) is 9.55 Å². The Morgan fingerprint density at radius 1 is 1.26 bits per heavy atom. The molecule has 3 aromatic rings. The van der Waals surface area contributed by atoms with E-state index < -0.39 is 0 Å². The number of thiazole rings is 1. The zero-order chi connectivity index (χ0) is 19.2. The van der Waals surface area contributed by atoms with Crippen molar-refractivity contribution in [3.8, 4) is 0 Å². The third kappa shape index (κ3) is 3.61. The molecule has 1 aliphatic carbocycles. The maximum absolute atomic E-state index is 13.0. The van der Waals surface area contributed by atoms with Crippen molar-refractivity contribution in [3.63, 3.8) is 0 Å². The summed E-state index contributed by atoms with van der Waals surface area (Å²) in [6, 6.07) is 9.54. The highest BCUT2D eigenvalue weighted by molar-refractivity contribution is 7.09. The maximum atomic E-state index is 13.0. The van der Waals surface area contributed by atoms with Crippen LogP contribution in [0.3, 0.4) is 0 Å². The van der Waals surface area contributed by atoms with Crippen LogP contribution in [0.25, 0.3) is 10.9 Å². The number of benzene rings is 1. The second-order valence-corrected chi connectivity index (χ2v) is 9.38. The van der Waals surface area contributed by atoms with Gasteiger partial charge in [-0.2, -0.15) is 4.99 Å². The largest absolute Gasteiger partial charge is 0.320 e. The molecule has 2 aromatic heterocycles. The molecule has 27 heavy (non-hydrogen) atoms. The average Bonchev–Trinajstić information content (AvgIpc) is 3.39. The molecule has 1 fully saturated rings. The van der Waals surface area contributed by atoms with Crippen molar-refractivity contribution < 1.29 is 4.79 Å². The van der Waals surface area contributed by atoms with E-state index in [1.807, 2.05) is 30.3 Å². The van der Waals surface area contributed by atoms with Crippen molar-refractivity contribution >= 4 is 28.1 Å². The molecule has 4 rings (SSSR count). The van der Waals surface area contributed by atoms with E-state index in [0.717, 1.165) is 22.7 Å². The van der Waals surface area contributed by atoms with Gasteiger partial charge in [0.2, 0.25) is 0 Å². The molecule has 5 heteroatoms. The van der Waals surface area contributed by atoms with E-state index in [9.17, 15) is 4.79 Å². The standard InChI is InChI=1S/C22H25N3OS/c1-14-19(22(2,3)4)27-21(25(14)13-15-10-11-15)24-20(26)17-9-5-7-16-8-6-12-23-18(16)17/h5-9,12,15H,10-11,13H2,1-4H3. The van der Waals surface area contributed by atoms with Crippen LogP contribution in [0, 0.1) is 12.8 Å². The molecule has 0 radical (unpaired) electrons. The Labute approximate surface area is 163 Å². The van der Waals surface area contributed by atoms with E-state index in [0.29, 0.717) is 11.1 Å². The van der Waals surface area contributed by atoms with Gasteiger partial charge in [-0.1, -0.05) is 39.0 Å². The van der Waals surface area contributed by atoms with E-state index in [2.05, 4.69) is 42.2 Å². The second kappa shape index (κ2) is 6.71. The molecule has 0 spiro atoms. The first-order chi connectivity index (χ1) is 12.8. The van der Waals surface area contributed by atoms with Gasteiger partial charge in [0.05, 0.1) is 11.1 Å². The summed E-state index contributed by atoms with van der Waals surface area (Å²) in [5.41, 5.74) is 2.56. The quantitative estimate of drug-likeness (QED) is 0.653. The van der Waals surface area contributed by atoms with Crippen LogP contribution >= 0.6 is 11.3 Å². The van der Waals surface area contributed by atoms with Gasteiger partial charge in [0.25, 0.3) is 5.91 Å². The molecule has 140 valence electrons. The fraction of sp³-hybridized carbons (Fsp3) is 0.409. The SMILES string of the molecule is Cc1c(C(C)(C)C)sc(=NC(=O)c2cccc3cccnc23)n1CC1CC1. The maximum Gasteiger partial charge on any atom is 0.281 e. The van der Waals surface area contributed by atoms with Crippen LogP contribution in [0.1, 0.15) is 54.5 Å². The minimum atomic E-state index is -0.217. The summed E-state index contributed by atoms with van der Waals surface area (Å²) >= 11 is 1.65. The fourth-order valence-electron chi connectivity index (χ4n) is 3.46. The van der Waals surface area contributed by atoms with Crippen molar-refractivity contribution in [1.29, 1.82) is 0 Å². The third-order valence-corrected chi connectivity index (χ3v) is 6.64. The summed E-state index contributed by atoms with van der Waals surface area (Å²) in [5.74, 6) is 0.505. The number of para-hydroxylation sites is 1. The topological polar surface area (TPSA) is 47.2 Å². The Morgan fingerprint density at radius 2 is 2.00 bits per heavy atom. The molecule has 4 nitrogen and oxygen atoms in total. The van der Waals surface area contributed by atoms with Gasteiger partial charge in [-0.05, 0) is 43.2 Å². The van der Waals surface area contributed by atoms with Gasteiger partial charge in [0, 0.05) is 28.7 Å². The number of amides is 1. The molecular weight excluding hydrogens is 354 g/mol. The number of nitrogens with zero attached hydrogens (tertiary/aromatic N) is 3. The Hall–Kier alpha value is -2.27. The van der Waals surface area contributed by atoms with E-state index >= 15 is 0 Å². The lowest BCUT2D eigenvalue weighted by Crippen LogP contribution is -2.20. The Balaban J connectivity index is 1.84. The lowest BCUT2D eigenvalue weighted by molar-refractivity contribution is 0.0999. The summed E-state index contributed by atoms with van der Waals surface area (Å²) in [6.07, 6.45) is 4.26. The second-order valence-electron chi connectivity index (χ2n) is 8.40. The van der Waals surface area contributed by atoms with Gasteiger partial charge in [-0.3, -0.25) is 9.78 Å². The molecule has 0 N–H and O–H groups in total. The monoisotopic (exact) mass is 379 g/mol. The van der Waals surface area contributed by atoms with E-state index in [1.165, 1.54) is 23.4 Å². The van der Waals surface area contributed by atoms with E-state index in [1.54, 1.807) is 17.5 Å². The predicted molar refractivity (Wildman–Crippen MR) is 110 cm³/mol. The van der Waals surface area contributed by atoms with Crippen molar-refractivity contribution in [2.75, 3.05) is 0 Å². The molecule has 0 atom stereocenters. The van der Waals surface area contributed by atoms with Gasteiger partial charge >= 0.3 is 0 Å². The molecule has 0 bridgehead atoms. The van der Waals surface area contributed by atoms with Gasteiger partial charge in [0.1, 0.15) is 0 Å². The van der Waals surface area contributed by atoms with Crippen LogP contribution in [0.2, 0.25) is 0 Å². The Bertz CT molecular complexity index is 1080. The van der Waals surface area contributed by atoms with Gasteiger partial charge in [-0.25, -0.2) is 0 Å². The number of hydrogen-bond acceptors (Lipinski definition) is 3. The Kier molecular flexibility index (Phi) is 4.50. The van der Waals surface area contributed by atoms with Crippen LogP contribution in [0.4, 0.5) is 0 Å². The summed E-state index contributed by atoms with van der Waals surface area (Å²) in [6.45, 7) is 9.76. The number of rotatable bonds is 3. The zero-order valence-corrected chi connectivity index (χ0v) is 17.1. The van der Waals surface area contributed by atoms with Crippen molar-refractivity contribution in [2.24, 2.45) is 10.9 Å². The van der Waals surface area contributed by atoms with E-state index in [-0.39, 0.29) is 11.3 Å². The van der Waals surface area contributed by atoms with Gasteiger partial charge in [-0.15, -0.1) is 11.3 Å². The number of carbonyl (C=O) groups excluding carboxylic acids is 1. The van der Waals surface area contributed by atoms with Crippen LogP contribution in [0.15, 0.2) is 41.5 Å². The highest BCUT2D eigenvalue weighted by Gasteiger charge is 2.27. The van der Waals surface area contributed by atoms with Crippen LogP contribution in [-0.2, 0) is 12.0 Å². The number of hydrogen-bond donors (Lipinski definition) is 0. The first-order valence-electron chi connectivity index (χ1n) is 9.48. The lowest BCUT2D eigenvalue weighted by atomic mass is 9.93. The van der Waals surface area contributed by atoms with Crippen LogP contribution in [0.5, 0.6) is 0 Å². The number of aromatic nitrogens is 2. The summed E-state index contributed by atoms with van der Waals surface area (Å²) in [7, 11) is 0. The van der Waals surface area contributed by atoms with Crippen molar-refractivity contribution in [3.05, 3.63) is 57.5 Å². The predicted octanol–water partition coefficient (Wildman–Crippen LogP) is 4.85. The molecule has 0 saturated heterocycles. The molecule has 0 aliphatic heterocycles. The molecular formula is C22H25N3OS. The highest BCUT2D eigenvalue weighted by atomic mass is 32.1. The summed E-state index contributed by atoms with van der Waals surface area (Å²) in [5, 5.41) is 0.960. The van der Waals surface area contributed by atoms with Crippen LogP contribution < -0.4 is 4.80 Å². The van der Waals surface area contributed by atoms with E-state index in [4.69, 9.17) is 0 Å². The normalized spacial score (nSPS) is 15.5.